The lowest BCUT2D eigenvalue weighted by molar-refractivity contribution is 0.736. The summed E-state index contributed by atoms with van der Waals surface area (Å²) in [5.74, 6) is 0.984. The summed E-state index contributed by atoms with van der Waals surface area (Å²) < 4.78 is 1.92. The topological polar surface area (TPSA) is 46.5 Å². The predicted octanol–water partition coefficient (Wildman–Crippen LogP) is 1.42. The summed E-state index contributed by atoms with van der Waals surface area (Å²) in [6, 6.07) is 0. The van der Waals surface area contributed by atoms with Crippen LogP contribution in [0.2, 0.25) is 0 Å². The van der Waals surface area contributed by atoms with E-state index in [0.717, 1.165) is 11.4 Å². The minimum atomic E-state index is 0.984. The van der Waals surface area contributed by atoms with E-state index in [0.29, 0.717) is 0 Å². The third-order valence-electron chi connectivity index (χ3n) is 2.30. The summed E-state index contributed by atoms with van der Waals surface area (Å²) in [4.78, 5) is 1.22. The van der Waals surface area contributed by atoms with Gasteiger partial charge in [-0.3, -0.25) is 9.78 Å². The molecule has 1 aliphatic rings. The van der Waals surface area contributed by atoms with E-state index in [1.54, 1.807) is 11.8 Å². The molecule has 2 aromatic heterocycles. The van der Waals surface area contributed by atoms with E-state index >= 15 is 0 Å². The Morgan fingerprint density at radius 2 is 2.46 bits per heavy atom. The van der Waals surface area contributed by atoms with Crippen LogP contribution in [0, 0.1) is 0 Å². The van der Waals surface area contributed by atoms with Crippen LogP contribution in [0.1, 0.15) is 5.69 Å². The normalized spacial score (nSPS) is 13.9. The van der Waals surface area contributed by atoms with E-state index in [9.17, 15) is 0 Å². The van der Waals surface area contributed by atoms with Crippen LogP contribution < -0.4 is 0 Å². The van der Waals surface area contributed by atoms with Crippen molar-refractivity contribution in [1.82, 2.24) is 20.0 Å². The quantitative estimate of drug-likeness (QED) is 0.686. The average molecular weight is 192 g/mol. The van der Waals surface area contributed by atoms with Crippen LogP contribution in [0.4, 0.5) is 0 Å². The number of nitrogens with zero attached hydrogens (tertiary/aromatic N) is 3. The highest BCUT2D eigenvalue weighted by atomic mass is 32.2. The first-order valence-corrected chi connectivity index (χ1v) is 5.02. The zero-order valence-electron chi connectivity index (χ0n) is 7.11. The predicted molar refractivity (Wildman–Crippen MR) is 50.4 cm³/mol. The number of fused-ring (bicyclic) bond motifs is 3. The molecule has 3 rings (SSSR count). The number of H-pyrrole nitrogens is 1. The number of nitrogens with one attached hydrogen (secondary N) is 1. The van der Waals surface area contributed by atoms with Crippen LogP contribution in [0.5, 0.6) is 0 Å². The highest BCUT2D eigenvalue weighted by Gasteiger charge is 2.21. The fourth-order valence-corrected chi connectivity index (χ4v) is 2.63. The van der Waals surface area contributed by atoms with E-state index < -0.39 is 0 Å². The van der Waals surface area contributed by atoms with E-state index in [-0.39, 0.29) is 0 Å². The summed E-state index contributed by atoms with van der Waals surface area (Å²) >= 11 is 1.80. The molecule has 3 heterocycles. The second-order valence-electron chi connectivity index (χ2n) is 3.03. The van der Waals surface area contributed by atoms with Gasteiger partial charge in [-0.15, -0.1) is 11.8 Å². The van der Waals surface area contributed by atoms with E-state index in [1.165, 1.54) is 16.2 Å². The molecule has 13 heavy (non-hydrogen) atoms. The molecule has 0 aromatic carbocycles. The lowest BCUT2D eigenvalue weighted by atomic mass is 10.2. The first-order chi connectivity index (χ1) is 6.36. The Morgan fingerprint density at radius 3 is 3.38 bits per heavy atom. The third-order valence-corrected chi connectivity index (χ3v) is 3.34. The van der Waals surface area contributed by atoms with Crippen LogP contribution in [0.25, 0.3) is 11.3 Å². The van der Waals surface area contributed by atoms with E-state index in [2.05, 4.69) is 15.3 Å². The zero-order chi connectivity index (χ0) is 8.84. The first-order valence-electron chi connectivity index (χ1n) is 4.03. The molecule has 2 aromatic rings. The second kappa shape index (κ2) is 2.38. The van der Waals surface area contributed by atoms with Crippen molar-refractivity contribution in [2.45, 2.75) is 10.6 Å². The molecule has 0 unspecified atom stereocenters. The Morgan fingerprint density at radius 1 is 1.54 bits per heavy atom. The summed E-state index contributed by atoms with van der Waals surface area (Å²) in [5, 5.41) is 11.3. The van der Waals surface area contributed by atoms with Gasteiger partial charge in [0.1, 0.15) is 0 Å². The molecule has 0 saturated heterocycles. The molecule has 0 bridgehead atoms. The number of rotatable bonds is 0. The summed E-state index contributed by atoms with van der Waals surface area (Å²) in [6.45, 7) is 0. The largest absolute Gasteiger partial charge is 0.277 e. The molecule has 0 spiro atoms. The molecule has 0 atom stereocenters. The molecular formula is C8H8N4S. The molecule has 0 aliphatic carbocycles. The van der Waals surface area contributed by atoms with Crippen LogP contribution in [-0.2, 0) is 12.8 Å². The number of hydrogen-bond acceptors (Lipinski definition) is 3. The van der Waals surface area contributed by atoms with Crippen LogP contribution in [-0.4, -0.2) is 20.0 Å². The van der Waals surface area contributed by atoms with E-state index in [4.69, 9.17) is 0 Å². The lowest BCUT2D eigenvalue weighted by Crippen LogP contribution is -2.00. The van der Waals surface area contributed by atoms with Gasteiger partial charge in [0.25, 0.3) is 0 Å². The summed E-state index contributed by atoms with van der Waals surface area (Å²) in [7, 11) is 1.97. The third kappa shape index (κ3) is 0.875. The van der Waals surface area contributed by atoms with Crippen molar-refractivity contribution in [2.24, 2.45) is 7.05 Å². The van der Waals surface area contributed by atoms with Crippen molar-refractivity contribution >= 4 is 11.8 Å². The van der Waals surface area contributed by atoms with Crippen molar-refractivity contribution in [3.8, 4) is 11.3 Å². The SMILES string of the molecule is Cn1ncc2c1CSc1cn[nH]c1-2. The Balaban J connectivity index is 2.31. The maximum atomic E-state index is 4.23. The molecule has 66 valence electrons. The highest BCUT2D eigenvalue weighted by Crippen LogP contribution is 2.39. The van der Waals surface area contributed by atoms with Crippen LogP contribution in [0.15, 0.2) is 17.3 Å². The van der Waals surface area contributed by atoms with Crippen molar-refractivity contribution in [2.75, 3.05) is 0 Å². The molecule has 1 aliphatic heterocycles. The van der Waals surface area contributed by atoms with Crippen molar-refractivity contribution in [3.05, 3.63) is 18.1 Å². The molecule has 0 radical (unpaired) electrons. The van der Waals surface area contributed by atoms with Gasteiger partial charge in [-0.2, -0.15) is 10.2 Å². The molecule has 4 nitrogen and oxygen atoms in total. The minimum absolute atomic E-state index is 0.984. The molecule has 0 amide bonds. The van der Waals surface area contributed by atoms with Gasteiger partial charge < -0.3 is 0 Å². The number of hydrogen-bond donors (Lipinski definition) is 1. The average Bonchev–Trinajstić information content (AvgIpc) is 2.70. The van der Waals surface area contributed by atoms with E-state index in [1.807, 2.05) is 24.1 Å². The van der Waals surface area contributed by atoms with Crippen LogP contribution >= 0.6 is 11.8 Å². The number of aromatic amines is 1. The monoisotopic (exact) mass is 192 g/mol. The Hall–Kier alpha value is -1.23. The van der Waals surface area contributed by atoms with Crippen molar-refractivity contribution in [3.63, 3.8) is 0 Å². The Bertz CT molecular complexity index is 456. The molecule has 1 N–H and O–H groups in total. The minimum Gasteiger partial charge on any atom is -0.277 e. The number of thioether (sulfide) groups is 1. The Labute approximate surface area is 79.3 Å². The van der Waals surface area contributed by atoms with Crippen molar-refractivity contribution < 1.29 is 0 Å². The maximum Gasteiger partial charge on any atom is 0.0821 e. The molecule has 0 fully saturated rings. The summed E-state index contributed by atoms with van der Waals surface area (Å²) in [5.41, 5.74) is 3.56. The van der Waals surface area contributed by atoms with Gasteiger partial charge in [0.15, 0.2) is 0 Å². The molecule has 0 saturated carbocycles. The van der Waals surface area contributed by atoms with Gasteiger partial charge in [-0.25, -0.2) is 0 Å². The maximum absolute atomic E-state index is 4.23. The highest BCUT2D eigenvalue weighted by molar-refractivity contribution is 7.98. The van der Waals surface area contributed by atoms with Crippen LogP contribution in [0.3, 0.4) is 0 Å². The number of aryl methyl sites for hydroxylation is 1. The Kier molecular flexibility index (Phi) is 1.32. The second-order valence-corrected chi connectivity index (χ2v) is 4.04. The van der Waals surface area contributed by atoms with Gasteiger partial charge in [0.2, 0.25) is 0 Å². The van der Waals surface area contributed by atoms with Gasteiger partial charge in [-0.1, -0.05) is 0 Å². The fourth-order valence-electron chi connectivity index (χ4n) is 1.57. The van der Waals surface area contributed by atoms with Gasteiger partial charge in [-0.05, 0) is 0 Å². The van der Waals surface area contributed by atoms with Gasteiger partial charge in [0.05, 0.1) is 28.7 Å². The number of aromatic nitrogens is 4. The van der Waals surface area contributed by atoms with Gasteiger partial charge in [0, 0.05) is 18.4 Å². The zero-order valence-corrected chi connectivity index (χ0v) is 7.93. The standard InChI is InChI=1S/C8H8N4S/c1-12-6-4-13-7-3-9-11-8(7)5(6)2-10-12/h2-3H,4H2,1H3,(H,9,11). The van der Waals surface area contributed by atoms with Gasteiger partial charge >= 0.3 is 0 Å². The summed E-state index contributed by atoms with van der Waals surface area (Å²) in [6.07, 6.45) is 3.77. The fraction of sp³-hybridized carbons (Fsp3) is 0.250. The first kappa shape index (κ1) is 7.20. The lowest BCUT2D eigenvalue weighted by Gasteiger charge is -2.10. The molecule has 5 heteroatoms. The smallest absolute Gasteiger partial charge is 0.0821 e. The van der Waals surface area contributed by atoms with Crippen molar-refractivity contribution in [1.29, 1.82) is 0 Å². The molecular weight excluding hydrogens is 184 g/mol.